The minimum absolute atomic E-state index is 0.435. The smallest absolute Gasteiger partial charge is 0.488 e. The van der Waals surface area contributed by atoms with Crippen molar-refractivity contribution in [2.75, 3.05) is 14.2 Å². The van der Waals surface area contributed by atoms with E-state index in [2.05, 4.69) is 0 Å². The van der Waals surface area contributed by atoms with Gasteiger partial charge >= 0.3 is 14.2 Å². The van der Waals surface area contributed by atoms with E-state index in [4.69, 9.17) is 29.6 Å². The van der Waals surface area contributed by atoms with Crippen LogP contribution in [-0.4, -0.2) is 48.6 Å². The Bertz CT molecular complexity index is 525. The van der Waals surface area contributed by atoms with Crippen molar-refractivity contribution >= 4 is 25.2 Å². The van der Waals surface area contributed by atoms with E-state index in [0.29, 0.717) is 22.4 Å². The summed E-state index contributed by atoms with van der Waals surface area (Å²) < 4.78 is 9.77. The predicted molar refractivity (Wildman–Crippen MR) is 85.6 cm³/mol. The SMILES string of the molecule is COc1cccc(B(O)O)c1.COc1cccc(B(O)O)c1. The molecule has 0 spiro atoms. The number of hydrogen-bond acceptors (Lipinski definition) is 6. The summed E-state index contributed by atoms with van der Waals surface area (Å²) in [6, 6.07) is 13.3. The highest BCUT2D eigenvalue weighted by molar-refractivity contribution is 6.59. The molecule has 0 bridgehead atoms. The van der Waals surface area contributed by atoms with Crippen LogP contribution in [0.1, 0.15) is 0 Å². The lowest BCUT2D eigenvalue weighted by molar-refractivity contribution is 0.412. The molecule has 6 nitrogen and oxygen atoms in total. The molecule has 116 valence electrons. The van der Waals surface area contributed by atoms with Crippen molar-refractivity contribution in [1.29, 1.82) is 0 Å². The zero-order valence-corrected chi connectivity index (χ0v) is 12.4. The fraction of sp³-hybridized carbons (Fsp3) is 0.143. The zero-order chi connectivity index (χ0) is 16.5. The lowest BCUT2D eigenvalue weighted by Gasteiger charge is -2.01. The third-order valence-corrected chi connectivity index (χ3v) is 2.78. The van der Waals surface area contributed by atoms with Crippen LogP contribution in [0, 0.1) is 0 Å². The standard InChI is InChI=1S/2C7H9BO3/c2*1-11-7-4-2-3-6(5-7)8(9)10/h2*2-5,9-10H,1H3. The average molecular weight is 304 g/mol. The fourth-order valence-electron chi connectivity index (χ4n) is 1.60. The number of ether oxygens (including phenoxy) is 2. The summed E-state index contributed by atoms with van der Waals surface area (Å²) in [7, 11) is 0.210. The summed E-state index contributed by atoms with van der Waals surface area (Å²) in [4.78, 5) is 0. The van der Waals surface area contributed by atoms with E-state index >= 15 is 0 Å². The van der Waals surface area contributed by atoms with Crippen molar-refractivity contribution in [2.45, 2.75) is 0 Å². The first kappa shape index (κ1) is 18.1. The molecular formula is C14H18B2O6. The molecule has 0 heterocycles. The lowest BCUT2D eigenvalue weighted by Crippen LogP contribution is -2.29. The van der Waals surface area contributed by atoms with Crippen LogP contribution in [0.3, 0.4) is 0 Å². The molecule has 0 unspecified atom stereocenters. The molecule has 0 fully saturated rings. The van der Waals surface area contributed by atoms with Gasteiger partial charge in [0.2, 0.25) is 0 Å². The van der Waals surface area contributed by atoms with Crippen LogP contribution >= 0.6 is 0 Å². The Morgan fingerprint density at radius 1 is 0.682 bits per heavy atom. The first-order valence-electron chi connectivity index (χ1n) is 6.48. The monoisotopic (exact) mass is 304 g/mol. The van der Waals surface area contributed by atoms with Gasteiger partial charge in [0, 0.05) is 0 Å². The molecule has 0 amide bonds. The molecular weight excluding hydrogens is 286 g/mol. The maximum absolute atomic E-state index is 8.74. The van der Waals surface area contributed by atoms with E-state index in [0.717, 1.165) is 0 Å². The normalized spacial score (nSPS) is 9.36. The van der Waals surface area contributed by atoms with Crippen LogP contribution < -0.4 is 20.4 Å². The molecule has 0 saturated carbocycles. The van der Waals surface area contributed by atoms with Gasteiger partial charge in [0.25, 0.3) is 0 Å². The highest BCUT2D eigenvalue weighted by Crippen LogP contribution is 2.05. The Morgan fingerprint density at radius 3 is 1.32 bits per heavy atom. The van der Waals surface area contributed by atoms with Crippen molar-refractivity contribution in [3.8, 4) is 11.5 Å². The van der Waals surface area contributed by atoms with Gasteiger partial charge in [-0.25, -0.2) is 0 Å². The summed E-state index contributed by atoms with van der Waals surface area (Å²) in [5.41, 5.74) is 0.869. The highest BCUT2D eigenvalue weighted by Gasteiger charge is 2.10. The Morgan fingerprint density at radius 2 is 1.05 bits per heavy atom. The van der Waals surface area contributed by atoms with Crippen molar-refractivity contribution in [3.63, 3.8) is 0 Å². The van der Waals surface area contributed by atoms with Crippen molar-refractivity contribution in [1.82, 2.24) is 0 Å². The second-order valence-corrected chi connectivity index (χ2v) is 4.30. The Hall–Kier alpha value is -1.99. The minimum atomic E-state index is -1.43. The van der Waals surface area contributed by atoms with Crippen molar-refractivity contribution < 1.29 is 29.6 Å². The summed E-state index contributed by atoms with van der Waals surface area (Å²) in [6.45, 7) is 0. The van der Waals surface area contributed by atoms with E-state index < -0.39 is 14.2 Å². The van der Waals surface area contributed by atoms with Crippen LogP contribution in [0.2, 0.25) is 0 Å². The topological polar surface area (TPSA) is 99.4 Å². The number of hydrogen-bond donors (Lipinski definition) is 4. The van der Waals surface area contributed by atoms with Gasteiger partial charge in [-0.15, -0.1) is 0 Å². The van der Waals surface area contributed by atoms with E-state index in [-0.39, 0.29) is 0 Å². The maximum atomic E-state index is 8.74. The molecule has 0 radical (unpaired) electrons. The van der Waals surface area contributed by atoms with Crippen LogP contribution in [0.4, 0.5) is 0 Å². The summed E-state index contributed by atoms with van der Waals surface area (Å²) in [6.07, 6.45) is 0. The summed E-state index contributed by atoms with van der Waals surface area (Å²) in [5.74, 6) is 1.24. The third kappa shape index (κ3) is 5.79. The van der Waals surface area contributed by atoms with Gasteiger partial charge in [-0.05, 0) is 35.2 Å². The van der Waals surface area contributed by atoms with Gasteiger partial charge in [-0.3, -0.25) is 0 Å². The molecule has 0 saturated heterocycles. The van der Waals surface area contributed by atoms with Gasteiger partial charge in [0.1, 0.15) is 11.5 Å². The molecule has 0 aliphatic carbocycles. The maximum Gasteiger partial charge on any atom is 0.488 e. The molecule has 2 rings (SSSR count). The summed E-state index contributed by atoms with van der Waals surface area (Å²) in [5, 5.41) is 35.0. The van der Waals surface area contributed by atoms with Crippen LogP contribution in [0.5, 0.6) is 11.5 Å². The van der Waals surface area contributed by atoms with Gasteiger partial charge < -0.3 is 29.6 Å². The molecule has 8 heteroatoms. The van der Waals surface area contributed by atoms with Gasteiger partial charge in [-0.1, -0.05) is 24.3 Å². The van der Waals surface area contributed by atoms with Crippen LogP contribution in [0.15, 0.2) is 48.5 Å². The second-order valence-electron chi connectivity index (χ2n) is 4.30. The lowest BCUT2D eigenvalue weighted by atomic mass is 9.80. The van der Waals surface area contributed by atoms with E-state index in [1.165, 1.54) is 14.2 Å². The molecule has 2 aromatic carbocycles. The molecule has 2 aromatic rings. The largest absolute Gasteiger partial charge is 0.497 e. The molecule has 4 N–H and O–H groups in total. The van der Waals surface area contributed by atoms with E-state index in [1.54, 1.807) is 48.5 Å². The minimum Gasteiger partial charge on any atom is -0.497 e. The Labute approximate surface area is 129 Å². The molecule has 0 atom stereocenters. The molecule has 0 aliphatic heterocycles. The summed E-state index contributed by atoms with van der Waals surface area (Å²) >= 11 is 0. The highest BCUT2D eigenvalue weighted by atomic mass is 16.5. The molecule has 0 aliphatic rings. The zero-order valence-electron chi connectivity index (χ0n) is 12.4. The first-order chi connectivity index (χ1) is 10.5. The van der Waals surface area contributed by atoms with Gasteiger partial charge in [0.15, 0.2) is 0 Å². The molecule has 0 aromatic heterocycles. The van der Waals surface area contributed by atoms with Crippen molar-refractivity contribution in [3.05, 3.63) is 48.5 Å². The molecule has 22 heavy (non-hydrogen) atoms. The van der Waals surface area contributed by atoms with E-state index in [9.17, 15) is 0 Å². The van der Waals surface area contributed by atoms with Crippen LogP contribution in [-0.2, 0) is 0 Å². The quantitative estimate of drug-likeness (QED) is 0.527. The number of methoxy groups -OCH3 is 2. The third-order valence-electron chi connectivity index (χ3n) is 2.78. The number of benzene rings is 2. The van der Waals surface area contributed by atoms with Crippen molar-refractivity contribution in [2.24, 2.45) is 0 Å². The Balaban J connectivity index is 0.000000220. The van der Waals surface area contributed by atoms with Crippen LogP contribution in [0.25, 0.3) is 0 Å². The number of rotatable bonds is 4. The Kier molecular flexibility index (Phi) is 7.48. The average Bonchev–Trinajstić information content (AvgIpc) is 2.55. The second kappa shape index (κ2) is 9.11. The fourth-order valence-corrected chi connectivity index (χ4v) is 1.60. The van der Waals surface area contributed by atoms with Gasteiger partial charge in [0.05, 0.1) is 14.2 Å². The predicted octanol–water partition coefficient (Wildman–Crippen LogP) is -1.25. The van der Waals surface area contributed by atoms with E-state index in [1.807, 2.05) is 0 Å². The van der Waals surface area contributed by atoms with Gasteiger partial charge in [-0.2, -0.15) is 0 Å². The first-order valence-corrected chi connectivity index (χ1v) is 6.48.